The van der Waals surface area contributed by atoms with Crippen molar-refractivity contribution in [3.63, 3.8) is 0 Å². The second-order valence-electron chi connectivity index (χ2n) is 7.41. The van der Waals surface area contributed by atoms with Crippen LogP contribution in [-0.2, 0) is 23.2 Å². The summed E-state index contributed by atoms with van der Waals surface area (Å²) in [5, 5.41) is 1.09. The average Bonchev–Trinajstić information content (AvgIpc) is 2.77. The van der Waals surface area contributed by atoms with E-state index in [-0.39, 0.29) is 11.5 Å². The van der Waals surface area contributed by atoms with E-state index in [2.05, 4.69) is 4.98 Å². The number of carbonyl (C=O) groups is 1. The summed E-state index contributed by atoms with van der Waals surface area (Å²) in [4.78, 5) is 17.3. The lowest BCUT2D eigenvalue weighted by atomic mass is 10.0. The van der Waals surface area contributed by atoms with E-state index in [0.717, 1.165) is 27.7 Å². The third-order valence-electron chi connectivity index (χ3n) is 5.11. The van der Waals surface area contributed by atoms with Crippen molar-refractivity contribution in [2.24, 2.45) is 0 Å². The van der Waals surface area contributed by atoms with Gasteiger partial charge in [-0.15, -0.1) is 0 Å². The molecule has 0 radical (unpaired) electrons. The summed E-state index contributed by atoms with van der Waals surface area (Å²) < 4.78 is 18.9. The molecule has 0 aliphatic heterocycles. The molecule has 31 heavy (non-hydrogen) atoms. The number of fused-ring (bicyclic) bond motifs is 1. The maximum absolute atomic E-state index is 13.0. The van der Waals surface area contributed by atoms with Gasteiger partial charge in [0.1, 0.15) is 12.4 Å². The van der Waals surface area contributed by atoms with Gasteiger partial charge in [-0.3, -0.25) is 9.00 Å². The molecule has 4 nitrogen and oxygen atoms in total. The molecular weight excluding hydrogens is 406 g/mol. The smallest absolute Gasteiger partial charge is 0.160 e. The Bertz CT molecular complexity index is 1280. The van der Waals surface area contributed by atoms with E-state index in [4.69, 9.17) is 4.74 Å². The van der Waals surface area contributed by atoms with Crippen molar-refractivity contribution in [3.8, 4) is 5.75 Å². The maximum atomic E-state index is 13.0. The van der Waals surface area contributed by atoms with Crippen LogP contribution in [0, 0.1) is 6.92 Å². The van der Waals surface area contributed by atoms with E-state index in [1.807, 2.05) is 79.7 Å². The standard InChI is InChI=1S/C26H23NO3S/c1-18-7-5-9-21(26(18)19(2)28)17-31(29)24-11-6-10-23(15-24)30-16-22-14-13-20-8-3-4-12-25(20)27-22/h3-15H,16-17H2,1-2H3. The Kier molecular flexibility index (Phi) is 6.23. The minimum absolute atomic E-state index is 0.00920. The number of carbonyl (C=O) groups excluding carboxylic acids is 1. The van der Waals surface area contributed by atoms with E-state index in [1.165, 1.54) is 0 Å². The largest absolute Gasteiger partial charge is 0.487 e. The van der Waals surface area contributed by atoms with Crippen molar-refractivity contribution in [1.29, 1.82) is 0 Å². The van der Waals surface area contributed by atoms with E-state index >= 15 is 0 Å². The van der Waals surface area contributed by atoms with Crippen molar-refractivity contribution < 1.29 is 13.7 Å². The molecule has 0 N–H and O–H groups in total. The summed E-state index contributed by atoms with van der Waals surface area (Å²) in [6.45, 7) is 3.77. The Hall–Kier alpha value is -3.31. The van der Waals surface area contributed by atoms with Crippen molar-refractivity contribution in [1.82, 2.24) is 4.98 Å². The van der Waals surface area contributed by atoms with Gasteiger partial charge in [0.25, 0.3) is 0 Å². The van der Waals surface area contributed by atoms with E-state index in [0.29, 0.717) is 22.8 Å². The number of ketones is 1. The summed E-state index contributed by atoms with van der Waals surface area (Å²) in [5.41, 5.74) is 4.12. The Morgan fingerprint density at radius 1 is 0.968 bits per heavy atom. The van der Waals surface area contributed by atoms with Crippen molar-refractivity contribution in [2.75, 3.05) is 0 Å². The van der Waals surface area contributed by atoms with Crippen molar-refractivity contribution >= 4 is 27.5 Å². The first kappa shape index (κ1) is 20.9. The van der Waals surface area contributed by atoms with Crippen LogP contribution in [0.25, 0.3) is 10.9 Å². The summed E-state index contributed by atoms with van der Waals surface area (Å²) in [7, 11) is -1.29. The molecule has 4 aromatic rings. The molecule has 0 saturated carbocycles. The number of pyridine rings is 1. The first-order valence-corrected chi connectivity index (χ1v) is 11.4. The number of rotatable bonds is 7. The van der Waals surface area contributed by atoms with Gasteiger partial charge in [-0.05, 0) is 55.3 Å². The predicted molar refractivity (Wildman–Crippen MR) is 124 cm³/mol. The molecule has 1 unspecified atom stereocenters. The van der Waals surface area contributed by atoms with E-state index in [9.17, 15) is 9.00 Å². The van der Waals surface area contributed by atoms with Crippen LogP contribution in [0.15, 0.2) is 83.8 Å². The summed E-state index contributed by atoms with van der Waals surface area (Å²) in [6.07, 6.45) is 0. The van der Waals surface area contributed by atoms with Gasteiger partial charge in [0, 0.05) is 15.8 Å². The minimum atomic E-state index is -1.29. The van der Waals surface area contributed by atoms with E-state index in [1.54, 1.807) is 13.0 Å². The highest BCUT2D eigenvalue weighted by Crippen LogP contribution is 2.23. The zero-order valence-electron chi connectivity index (χ0n) is 17.5. The Morgan fingerprint density at radius 2 is 1.77 bits per heavy atom. The average molecular weight is 430 g/mol. The van der Waals surface area contributed by atoms with Crippen LogP contribution in [-0.4, -0.2) is 15.0 Å². The number of ether oxygens (including phenoxy) is 1. The molecule has 1 aromatic heterocycles. The van der Waals surface area contributed by atoms with Gasteiger partial charge in [0.2, 0.25) is 0 Å². The molecule has 0 bridgehead atoms. The monoisotopic (exact) mass is 429 g/mol. The molecule has 0 aliphatic carbocycles. The SMILES string of the molecule is CC(=O)c1c(C)cccc1CS(=O)c1cccc(OCc2ccc3ccccc3n2)c1. The summed E-state index contributed by atoms with van der Waals surface area (Å²) in [5.74, 6) is 0.911. The first-order chi connectivity index (χ1) is 15.0. The molecule has 4 rings (SSSR count). The molecular formula is C26H23NO3S. The summed E-state index contributed by atoms with van der Waals surface area (Å²) in [6, 6.07) is 24.9. The molecule has 156 valence electrons. The highest BCUT2D eigenvalue weighted by Gasteiger charge is 2.14. The highest BCUT2D eigenvalue weighted by atomic mass is 32.2. The number of hydrogen-bond donors (Lipinski definition) is 0. The fourth-order valence-electron chi connectivity index (χ4n) is 3.63. The minimum Gasteiger partial charge on any atom is -0.487 e. The van der Waals surface area contributed by atoms with Crippen LogP contribution < -0.4 is 4.74 Å². The normalized spacial score (nSPS) is 11.9. The predicted octanol–water partition coefficient (Wildman–Crippen LogP) is 5.63. The van der Waals surface area contributed by atoms with Crippen LogP contribution in [0.2, 0.25) is 0 Å². The molecule has 5 heteroatoms. The highest BCUT2D eigenvalue weighted by molar-refractivity contribution is 7.84. The third-order valence-corrected chi connectivity index (χ3v) is 6.46. The quantitative estimate of drug-likeness (QED) is 0.357. The summed E-state index contributed by atoms with van der Waals surface area (Å²) >= 11 is 0. The topological polar surface area (TPSA) is 56.3 Å². The zero-order valence-corrected chi connectivity index (χ0v) is 18.3. The molecule has 0 aliphatic rings. The second kappa shape index (κ2) is 9.23. The van der Waals surface area contributed by atoms with Gasteiger partial charge in [0.05, 0.1) is 27.8 Å². The van der Waals surface area contributed by atoms with Crippen LogP contribution in [0.1, 0.15) is 34.1 Å². The number of aryl methyl sites for hydroxylation is 1. The zero-order chi connectivity index (χ0) is 21.8. The van der Waals surface area contributed by atoms with Crippen LogP contribution in [0.4, 0.5) is 0 Å². The number of aromatic nitrogens is 1. The van der Waals surface area contributed by atoms with Gasteiger partial charge >= 0.3 is 0 Å². The van der Waals surface area contributed by atoms with Crippen molar-refractivity contribution in [2.45, 2.75) is 31.1 Å². The Balaban J connectivity index is 1.48. The van der Waals surface area contributed by atoms with Gasteiger partial charge in [-0.25, -0.2) is 4.98 Å². The fourth-order valence-corrected chi connectivity index (χ4v) is 4.80. The van der Waals surface area contributed by atoms with Crippen LogP contribution in [0.5, 0.6) is 5.75 Å². The Labute approximate surface area is 184 Å². The number of hydrogen-bond acceptors (Lipinski definition) is 4. The number of para-hydroxylation sites is 1. The molecule has 0 saturated heterocycles. The number of benzene rings is 3. The number of nitrogens with zero attached hydrogens (tertiary/aromatic N) is 1. The first-order valence-electron chi connectivity index (χ1n) is 10.1. The van der Waals surface area contributed by atoms with Crippen LogP contribution >= 0.6 is 0 Å². The van der Waals surface area contributed by atoms with Gasteiger partial charge in [0.15, 0.2) is 5.78 Å². The van der Waals surface area contributed by atoms with E-state index < -0.39 is 10.8 Å². The third kappa shape index (κ3) is 4.89. The molecule has 0 fully saturated rings. The molecule has 3 aromatic carbocycles. The van der Waals surface area contributed by atoms with Gasteiger partial charge in [-0.1, -0.05) is 48.5 Å². The maximum Gasteiger partial charge on any atom is 0.160 e. The van der Waals surface area contributed by atoms with Gasteiger partial charge in [-0.2, -0.15) is 0 Å². The Morgan fingerprint density at radius 3 is 2.61 bits per heavy atom. The molecule has 1 heterocycles. The number of Topliss-reactive ketones (excluding diaryl/α,β-unsaturated/α-hetero) is 1. The van der Waals surface area contributed by atoms with Gasteiger partial charge < -0.3 is 4.74 Å². The van der Waals surface area contributed by atoms with Crippen molar-refractivity contribution in [3.05, 3.63) is 101 Å². The molecule has 0 spiro atoms. The lowest BCUT2D eigenvalue weighted by molar-refractivity contribution is 0.101. The molecule has 1 atom stereocenters. The second-order valence-corrected chi connectivity index (χ2v) is 8.87. The lowest BCUT2D eigenvalue weighted by Crippen LogP contribution is -2.06. The molecule has 0 amide bonds. The lowest BCUT2D eigenvalue weighted by Gasteiger charge is -2.11. The van der Waals surface area contributed by atoms with Crippen LogP contribution in [0.3, 0.4) is 0 Å². The fraction of sp³-hybridized carbons (Fsp3) is 0.154.